The second-order valence-electron chi connectivity index (χ2n) is 10.4. The number of rotatable bonds is 10. The van der Waals surface area contributed by atoms with Crippen molar-refractivity contribution in [2.75, 3.05) is 12.4 Å². The van der Waals surface area contributed by atoms with E-state index in [2.05, 4.69) is 11.4 Å². The zero-order valence-corrected chi connectivity index (χ0v) is 22.9. The maximum Gasteiger partial charge on any atom is 0.293 e. The summed E-state index contributed by atoms with van der Waals surface area (Å²) in [6.45, 7) is 4.26. The van der Waals surface area contributed by atoms with E-state index in [1.807, 2.05) is 32.0 Å². The van der Waals surface area contributed by atoms with Gasteiger partial charge < -0.3 is 20.7 Å². The second kappa shape index (κ2) is 12.2. The van der Waals surface area contributed by atoms with Gasteiger partial charge in [-0.3, -0.25) is 24.5 Å². The van der Waals surface area contributed by atoms with E-state index in [0.717, 1.165) is 30.4 Å². The highest BCUT2D eigenvalue weighted by Gasteiger charge is 2.42. The number of ether oxygens (including phenoxy) is 1. The Balaban J connectivity index is 1.60. The van der Waals surface area contributed by atoms with E-state index in [-0.39, 0.29) is 37.2 Å². The van der Waals surface area contributed by atoms with Crippen molar-refractivity contribution in [3.63, 3.8) is 0 Å². The highest BCUT2D eigenvalue weighted by molar-refractivity contribution is 8.00. The summed E-state index contributed by atoms with van der Waals surface area (Å²) in [7, 11) is 0. The van der Waals surface area contributed by atoms with Crippen LogP contribution in [0.25, 0.3) is 0 Å². The van der Waals surface area contributed by atoms with Gasteiger partial charge in [-0.25, -0.2) is 0 Å². The lowest BCUT2D eigenvalue weighted by Gasteiger charge is -2.41. The number of nitro groups is 1. The van der Waals surface area contributed by atoms with Crippen molar-refractivity contribution in [2.45, 2.75) is 68.9 Å². The van der Waals surface area contributed by atoms with Crippen molar-refractivity contribution in [1.82, 2.24) is 10.2 Å². The number of hydrogen-bond donors (Lipinski definition) is 2. The van der Waals surface area contributed by atoms with E-state index < -0.39 is 27.7 Å². The zero-order valence-electron chi connectivity index (χ0n) is 22.1. The topological polar surface area (TPSA) is 145 Å². The van der Waals surface area contributed by atoms with Crippen LogP contribution < -0.4 is 11.1 Å². The molecule has 0 bridgehead atoms. The number of non-ortho nitro benzene ring substituents is 1. The Hall–Kier alpha value is -3.44. The van der Waals surface area contributed by atoms with Gasteiger partial charge in [0.2, 0.25) is 11.8 Å². The first kappa shape index (κ1) is 28.6. The molecule has 1 aliphatic heterocycles. The van der Waals surface area contributed by atoms with Gasteiger partial charge in [-0.2, -0.15) is 11.8 Å². The van der Waals surface area contributed by atoms with Gasteiger partial charge in [-0.15, -0.1) is 0 Å². The van der Waals surface area contributed by atoms with Crippen molar-refractivity contribution in [3.05, 3.63) is 74.8 Å². The third-order valence-corrected chi connectivity index (χ3v) is 8.93. The predicted octanol–water partition coefficient (Wildman–Crippen LogP) is 3.05. The van der Waals surface area contributed by atoms with E-state index in [0.29, 0.717) is 17.8 Å². The molecule has 2 amide bonds. The van der Waals surface area contributed by atoms with Gasteiger partial charge >= 0.3 is 0 Å². The predicted molar refractivity (Wildman–Crippen MR) is 148 cm³/mol. The lowest BCUT2D eigenvalue weighted by Crippen LogP contribution is -2.60. The summed E-state index contributed by atoms with van der Waals surface area (Å²) in [5, 5.41) is 14.6. The maximum absolute atomic E-state index is 13.9. The minimum atomic E-state index is -0.968. The molecule has 0 radical (unpaired) electrons. The van der Waals surface area contributed by atoms with Crippen molar-refractivity contribution < 1.29 is 24.0 Å². The molecule has 0 saturated heterocycles. The summed E-state index contributed by atoms with van der Waals surface area (Å²) in [6, 6.07) is 10.7. The molecule has 11 heteroatoms. The van der Waals surface area contributed by atoms with Gasteiger partial charge in [-0.1, -0.05) is 30.3 Å². The van der Waals surface area contributed by atoms with E-state index in [1.165, 1.54) is 34.4 Å². The van der Waals surface area contributed by atoms with E-state index in [1.54, 1.807) is 6.07 Å². The number of fused-ring (bicyclic) bond motifs is 2. The number of nitrogens with one attached hydrogen (secondary N) is 1. The van der Waals surface area contributed by atoms with Crippen LogP contribution in [0.3, 0.4) is 0 Å². The SMILES string of the molecule is CC(C)(SCCOC=O)[C@H](N)C(=O)N1Cc2cc([N+](=O)[O-])ccc2CC1C(=O)N[C@@H]1CCCc2ccccc21. The van der Waals surface area contributed by atoms with Gasteiger partial charge in [0.05, 0.1) is 17.0 Å². The van der Waals surface area contributed by atoms with Gasteiger partial charge in [0.25, 0.3) is 12.2 Å². The van der Waals surface area contributed by atoms with Gasteiger partial charge in [0.15, 0.2) is 0 Å². The molecule has 0 saturated carbocycles. The Morgan fingerprint density at radius 2 is 2.03 bits per heavy atom. The first-order valence-electron chi connectivity index (χ1n) is 13.0. The molecule has 1 unspecified atom stereocenters. The summed E-state index contributed by atoms with van der Waals surface area (Å²) in [5.41, 5.74) is 10.1. The van der Waals surface area contributed by atoms with Crippen molar-refractivity contribution in [3.8, 4) is 0 Å². The third kappa shape index (κ3) is 6.42. The third-order valence-electron chi connectivity index (χ3n) is 7.56. The summed E-state index contributed by atoms with van der Waals surface area (Å²) in [5.74, 6) is -0.233. The molecule has 0 spiro atoms. The molecule has 39 heavy (non-hydrogen) atoms. The molecule has 4 rings (SSSR count). The van der Waals surface area contributed by atoms with Crippen LogP contribution in [0, 0.1) is 10.1 Å². The lowest BCUT2D eigenvalue weighted by molar-refractivity contribution is -0.385. The number of carbonyl (C=O) groups is 3. The van der Waals surface area contributed by atoms with Crippen LogP contribution in [-0.4, -0.2) is 57.3 Å². The highest BCUT2D eigenvalue weighted by atomic mass is 32.2. The quantitative estimate of drug-likeness (QED) is 0.197. The molecule has 2 aliphatic rings. The zero-order chi connectivity index (χ0) is 28.2. The van der Waals surface area contributed by atoms with Crippen LogP contribution in [0.2, 0.25) is 0 Å². The van der Waals surface area contributed by atoms with Crippen LogP contribution >= 0.6 is 11.8 Å². The molecular weight excluding hydrogens is 520 g/mol. The first-order chi connectivity index (χ1) is 18.6. The van der Waals surface area contributed by atoms with Crippen molar-refractivity contribution in [1.29, 1.82) is 0 Å². The summed E-state index contributed by atoms with van der Waals surface area (Å²) in [6.07, 6.45) is 2.94. The average Bonchev–Trinajstić information content (AvgIpc) is 2.93. The van der Waals surface area contributed by atoms with E-state index in [9.17, 15) is 24.5 Å². The fraction of sp³-hybridized carbons (Fsp3) is 0.464. The van der Waals surface area contributed by atoms with Gasteiger partial charge in [0.1, 0.15) is 12.6 Å². The maximum atomic E-state index is 13.9. The molecule has 1 heterocycles. The highest BCUT2D eigenvalue weighted by Crippen LogP contribution is 2.34. The van der Waals surface area contributed by atoms with Crippen molar-refractivity contribution >= 4 is 35.7 Å². The largest absolute Gasteiger partial charge is 0.467 e. The monoisotopic (exact) mass is 554 g/mol. The number of nitro benzene ring substituents is 1. The normalized spacial score (nSPS) is 19.3. The number of hydrogen-bond acceptors (Lipinski definition) is 8. The van der Waals surface area contributed by atoms with E-state index in [4.69, 9.17) is 10.5 Å². The van der Waals surface area contributed by atoms with Crippen LogP contribution in [-0.2, 0) is 38.5 Å². The lowest BCUT2D eigenvalue weighted by atomic mass is 9.87. The van der Waals surface area contributed by atoms with Crippen LogP contribution in [0.1, 0.15) is 55.0 Å². The van der Waals surface area contributed by atoms with Crippen LogP contribution in [0.5, 0.6) is 0 Å². The molecule has 3 atom stereocenters. The van der Waals surface area contributed by atoms with Gasteiger partial charge in [0, 0.05) is 35.6 Å². The number of carbonyl (C=O) groups excluding carboxylic acids is 3. The Labute approximate surface area is 231 Å². The fourth-order valence-electron chi connectivity index (χ4n) is 5.29. The Morgan fingerprint density at radius 1 is 1.26 bits per heavy atom. The number of nitrogens with zero attached hydrogens (tertiary/aromatic N) is 2. The molecule has 0 aromatic heterocycles. The number of benzene rings is 2. The molecule has 0 fully saturated rings. The van der Waals surface area contributed by atoms with Gasteiger partial charge in [-0.05, 0) is 55.4 Å². The van der Waals surface area contributed by atoms with E-state index >= 15 is 0 Å². The molecule has 2 aromatic carbocycles. The molecule has 2 aromatic rings. The first-order valence-corrected chi connectivity index (χ1v) is 14.0. The Bertz CT molecular complexity index is 1250. The Kier molecular flexibility index (Phi) is 8.91. The smallest absolute Gasteiger partial charge is 0.293 e. The second-order valence-corrected chi connectivity index (χ2v) is 12.2. The molecule has 10 nitrogen and oxygen atoms in total. The molecule has 208 valence electrons. The molecular formula is C28H34N4O6S. The fourth-order valence-corrected chi connectivity index (χ4v) is 6.27. The van der Waals surface area contributed by atoms with Crippen molar-refractivity contribution in [2.24, 2.45) is 5.73 Å². The number of aryl methyl sites for hydroxylation is 1. The van der Waals surface area contributed by atoms with Crippen LogP contribution in [0.15, 0.2) is 42.5 Å². The number of nitrogens with two attached hydrogens (primary N) is 1. The average molecular weight is 555 g/mol. The minimum Gasteiger partial charge on any atom is -0.467 e. The summed E-state index contributed by atoms with van der Waals surface area (Å²) >= 11 is 1.40. The summed E-state index contributed by atoms with van der Waals surface area (Å²) < 4.78 is 4.03. The van der Waals surface area contributed by atoms with Crippen LogP contribution in [0.4, 0.5) is 5.69 Å². The Morgan fingerprint density at radius 3 is 2.77 bits per heavy atom. The molecule has 3 N–H and O–H groups in total. The summed E-state index contributed by atoms with van der Waals surface area (Å²) in [4.78, 5) is 50.5. The standard InChI is InChI=1S/C28H34N4O6S/c1-28(2,39-13-12-38-17-33)25(29)27(35)31-16-20-14-21(32(36)37)11-10-19(20)15-24(31)26(34)30-23-9-5-7-18-6-3-4-8-22(18)23/h3-4,6,8,10-11,14,17,23-25H,5,7,9,12-13,15-16,29H2,1-2H3,(H,30,34)/t23-,24?,25-/m1/s1. The minimum absolute atomic E-state index is 0.0396. The number of thioether (sulfide) groups is 1. The number of amides is 2. The molecule has 1 aliphatic carbocycles.